The molecule has 0 aliphatic carbocycles. The molecule has 1 aromatic heterocycles. The summed E-state index contributed by atoms with van der Waals surface area (Å²) < 4.78 is 22.0. The van der Waals surface area contributed by atoms with E-state index in [4.69, 9.17) is 9.84 Å². The van der Waals surface area contributed by atoms with Crippen LogP contribution in [0.15, 0.2) is 48.5 Å². The van der Waals surface area contributed by atoms with Gasteiger partial charge in [-0.05, 0) is 48.9 Å². The highest BCUT2D eigenvalue weighted by atomic mass is 19.1. The van der Waals surface area contributed by atoms with E-state index in [2.05, 4.69) is 4.90 Å². The summed E-state index contributed by atoms with van der Waals surface area (Å²) in [6.45, 7) is 3.25. The summed E-state index contributed by atoms with van der Waals surface area (Å²) in [6.07, 6.45) is 2.80. The minimum absolute atomic E-state index is 0.241. The number of aromatic nitrogens is 2. The predicted molar refractivity (Wildman–Crippen MR) is 113 cm³/mol. The Morgan fingerprint density at radius 3 is 2.80 bits per heavy atom. The van der Waals surface area contributed by atoms with Gasteiger partial charge in [-0.25, -0.2) is 4.39 Å². The van der Waals surface area contributed by atoms with E-state index >= 15 is 0 Å². The van der Waals surface area contributed by atoms with Crippen LogP contribution in [0.1, 0.15) is 28.8 Å². The van der Waals surface area contributed by atoms with Gasteiger partial charge >= 0.3 is 0 Å². The molecule has 30 heavy (non-hydrogen) atoms. The van der Waals surface area contributed by atoms with Gasteiger partial charge < -0.3 is 9.84 Å². The summed E-state index contributed by atoms with van der Waals surface area (Å²) in [7, 11) is 2.05. The molecule has 0 bridgehead atoms. The number of hydrogen-bond acceptors (Lipinski definition) is 4. The highest BCUT2D eigenvalue weighted by Crippen LogP contribution is 2.35. The molecule has 154 valence electrons. The SMILES string of the molecule is CN1Cc2nn(Cc3ccc(O)c(C4=CCOCC4)c3)c(-c3ccccc3F)c2C1. The number of rotatable bonds is 4. The number of benzene rings is 2. The van der Waals surface area contributed by atoms with Crippen molar-refractivity contribution in [2.24, 2.45) is 0 Å². The molecule has 0 unspecified atom stereocenters. The van der Waals surface area contributed by atoms with E-state index in [1.54, 1.807) is 12.1 Å². The van der Waals surface area contributed by atoms with Crippen molar-refractivity contribution in [3.05, 3.63) is 76.7 Å². The van der Waals surface area contributed by atoms with Gasteiger partial charge in [0, 0.05) is 29.8 Å². The van der Waals surface area contributed by atoms with Gasteiger partial charge in [-0.3, -0.25) is 9.58 Å². The average molecular weight is 405 g/mol. The lowest BCUT2D eigenvalue weighted by Gasteiger charge is -2.17. The molecule has 3 aromatic rings. The third-order valence-corrected chi connectivity index (χ3v) is 5.81. The molecular formula is C24H24FN3O2. The number of fused-ring (bicyclic) bond motifs is 1. The van der Waals surface area contributed by atoms with Crippen molar-refractivity contribution in [1.82, 2.24) is 14.7 Å². The molecule has 0 saturated carbocycles. The molecule has 6 heteroatoms. The van der Waals surface area contributed by atoms with Crippen molar-refractivity contribution < 1.29 is 14.2 Å². The van der Waals surface area contributed by atoms with Crippen molar-refractivity contribution in [2.45, 2.75) is 26.1 Å². The summed E-state index contributed by atoms with van der Waals surface area (Å²) in [5.74, 6) is 0.0283. The minimum atomic E-state index is -0.241. The van der Waals surface area contributed by atoms with Gasteiger partial charge in [0.05, 0.1) is 31.1 Å². The number of ether oxygens (including phenoxy) is 1. The van der Waals surface area contributed by atoms with Crippen LogP contribution in [-0.4, -0.2) is 40.0 Å². The van der Waals surface area contributed by atoms with E-state index in [-0.39, 0.29) is 11.6 Å². The van der Waals surface area contributed by atoms with Gasteiger partial charge in [0.25, 0.3) is 0 Å². The van der Waals surface area contributed by atoms with Crippen LogP contribution >= 0.6 is 0 Å². The molecule has 2 aliphatic rings. The zero-order valence-electron chi connectivity index (χ0n) is 16.9. The van der Waals surface area contributed by atoms with Crippen molar-refractivity contribution >= 4 is 5.57 Å². The highest BCUT2D eigenvalue weighted by Gasteiger charge is 2.27. The van der Waals surface area contributed by atoms with Crippen LogP contribution in [0.5, 0.6) is 5.75 Å². The quantitative estimate of drug-likeness (QED) is 0.707. The summed E-state index contributed by atoms with van der Waals surface area (Å²) in [5, 5.41) is 15.2. The lowest BCUT2D eigenvalue weighted by molar-refractivity contribution is 0.161. The lowest BCUT2D eigenvalue weighted by Crippen LogP contribution is -2.13. The second-order valence-electron chi connectivity index (χ2n) is 7.99. The zero-order chi connectivity index (χ0) is 20.7. The first-order chi connectivity index (χ1) is 14.6. The van der Waals surface area contributed by atoms with E-state index in [0.717, 1.165) is 53.2 Å². The van der Waals surface area contributed by atoms with Crippen LogP contribution in [0.3, 0.4) is 0 Å². The van der Waals surface area contributed by atoms with Crippen LogP contribution < -0.4 is 0 Å². The third-order valence-electron chi connectivity index (χ3n) is 5.81. The van der Waals surface area contributed by atoms with Crippen LogP contribution in [0, 0.1) is 5.82 Å². The van der Waals surface area contributed by atoms with Crippen LogP contribution in [-0.2, 0) is 24.4 Å². The molecule has 1 N–H and O–H groups in total. The molecule has 0 fully saturated rings. The average Bonchev–Trinajstić information content (AvgIpc) is 3.26. The van der Waals surface area contributed by atoms with E-state index in [0.29, 0.717) is 25.3 Å². The zero-order valence-corrected chi connectivity index (χ0v) is 16.9. The first-order valence-corrected chi connectivity index (χ1v) is 10.2. The summed E-state index contributed by atoms with van der Waals surface area (Å²) in [6, 6.07) is 12.5. The van der Waals surface area contributed by atoms with Gasteiger partial charge in [-0.1, -0.05) is 24.3 Å². The number of aromatic hydroxyl groups is 1. The smallest absolute Gasteiger partial charge is 0.132 e. The molecule has 0 saturated heterocycles. The molecule has 2 aromatic carbocycles. The number of halogens is 1. The fourth-order valence-electron chi connectivity index (χ4n) is 4.38. The largest absolute Gasteiger partial charge is 0.507 e. The fourth-order valence-corrected chi connectivity index (χ4v) is 4.38. The van der Waals surface area contributed by atoms with Crippen molar-refractivity contribution in [3.8, 4) is 17.0 Å². The second-order valence-corrected chi connectivity index (χ2v) is 7.99. The monoisotopic (exact) mass is 405 g/mol. The van der Waals surface area contributed by atoms with Crippen LogP contribution in [0.4, 0.5) is 4.39 Å². The van der Waals surface area contributed by atoms with Crippen molar-refractivity contribution in [1.29, 1.82) is 0 Å². The highest BCUT2D eigenvalue weighted by molar-refractivity contribution is 5.71. The van der Waals surface area contributed by atoms with E-state index in [1.165, 1.54) is 6.07 Å². The Bertz CT molecular complexity index is 1140. The van der Waals surface area contributed by atoms with Gasteiger partial charge in [-0.2, -0.15) is 5.10 Å². The molecule has 5 rings (SSSR count). The lowest BCUT2D eigenvalue weighted by atomic mass is 9.98. The Labute approximate surface area is 175 Å². The molecule has 2 aliphatic heterocycles. The Kier molecular flexibility index (Phi) is 4.89. The number of phenolic OH excluding ortho intramolecular Hbond substituents is 1. The normalized spacial score (nSPS) is 16.5. The topological polar surface area (TPSA) is 50.5 Å². The molecule has 5 nitrogen and oxygen atoms in total. The summed E-state index contributed by atoms with van der Waals surface area (Å²) >= 11 is 0. The Hall–Kier alpha value is -2.96. The van der Waals surface area contributed by atoms with Crippen LogP contribution in [0.2, 0.25) is 0 Å². The summed E-state index contributed by atoms with van der Waals surface area (Å²) in [5.41, 5.74) is 6.46. The molecule has 0 spiro atoms. The first kappa shape index (κ1) is 19.0. The van der Waals surface area contributed by atoms with E-state index in [9.17, 15) is 9.50 Å². The fraction of sp³-hybridized carbons (Fsp3) is 0.292. The van der Waals surface area contributed by atoms with Gasteiger partial charge in [0.1, 0.15) is 11.6 Å². The van der Waals surface area contributed by atoms with E-state index in [1.807, 2.05) is 42.1 Å². The number of phenols is 1. The maximum Gasteiger partial charge on any atom is 0.132 e. The molecule has 3 heterocycles. The van der Waals surface area contributed by atoms with Gasteiger partial charge in [0.2, 0.25) is 0 Å². The molecule has 0 amide bonds. The minimum Gasteiger partial charge on any atom is -0.507 e. The second kappa shape index (κ2) is 7.70. The molecule has 0 atom stereocenters. The van der Waals surface area contributed by atoms with Gasteiger partial charge in [0.15, 0.2) is 0 Å². The third kappa shape index (κ3) is 3.42. The maximum atomic E-state index is 14.7. The molecular weight excluding hydrogens is 381 g/mol. The van der Waals surface area contributed by atoms with Crippen molar-refractivity contribution in [3.63, 3.8) is 0 Å². The van der Waals surface area contributed by atoms with E-state index < -0.39 is 0 Å². The van der Waals surface area contributed by atoms with Gasteiger partial charge in [-0.15, -0.1) is 0 Å². The van der Waals surface area contributed by atoms with Crippen molar-refractivity contribution in [2.75, 3.05) is 20.3 Å². The first-order valence-electron chi connectivity index (χ1n) is 10.2. The number of hydrogen-bond donors (Lipinski definition) is 1. The molecule has 0 radical (unpaired) electrons. The predicted octanol–water partition coefficient (Wildman–Crippen LogP) is 4.19. The van der Waals surface area contributed by atoms with Crippen LogP contribution in [0.25, 0.3) is 16.8 Å². The summed E-state index contributed by atoms with van der Waals surface area (Å²) in [4.78, 5) is 2.18. The Morgan fingerprint density at radius 2 is 2.00 bits per heavy atom. The maximum absolute atomic E-state index is 14.7. The standard InChI is InChI=1S/C24H24FN3O2/c1-27-14-20-22(15-27)26-28(24(20)18-4-2-3-5-21(18)25)13-16-6-7-23(29)19(12-16)17-8-10-30-11-9-17/h2-8,12,29H,9-11,13-15H2,1H3. The Morgan fingerprint density at radius 1 is 1.13 bits per heavy atom. The Balaban J connectivity index is 1.56. The number of nitrogens with zero attached hydrogens (tertiary/aromatic N) is 3.